The van der Waals surface area contributed by atoms with Crippen LogP contribution in [0.3, 0.4) is 0 Å². The first-order valence-corrected chi connectivity index (χ1v) is 11.6. The Bertz CT molecular complexity index is 1510. The number of aliphatic hydroxyl groups excluding tert-OH is 1. The molecule has 0 aliphatic carbocycles. The third-order valence-corrected chi connectivity index (χ3v) is 6.78. The van der Waals surface area contributed by atoms with Gasteiger partial charge in [0.1, 0.15) is 11.8 Å². The molecule has 1 atom stereocenters. The van der Waals surface area contributed by atoms with E-state index >= 15 is 0 Å². The van der Waals surface area contributed by atoms with Crippen molar-refractivity contribution in [2.45, 2.75) is 45.1 Å². The zero-order valence-electron chi connectivity index (χ0n) is 20.0. The first-order valence-electron chi connectivity index (χ1n) is 11.2. The van der Waals surface area contributed by atoms with Gasteiger partial charge in [0.15, 0.2) is 0 Å². The molecule has 1 aromatic heterocycles. The number of fused-ring (bicyclic) bond motifs is 1. The van der Waals surface area contributed by atoms with Gasteiger partial charge in [-0.25, -0.2) is 9.59 Å². The van der Waals surface area contributed by atoms with Gasteiger partial charge in [0.2, 0.25) is 0 Å². The van der Waals surface area contributed by atoms with Crippen LogP contribution in [0, 0.1) is 0 Å². The summed E-state index contributed by atoms with van der Waals surface area (Å²) in [5.41, 5.74) is -2.74. The van der Waals surface area contributed by atoms with E-state index in [-0.39, 0.29) is 17.9 Å². The number of aromatic nitrogens is 2. The van der Waals surface area contributed by atoms with Crippen molar-refractivity contribution in [3.63, 3.8) is 0 Å². The standard InChI is InChI=1S/C25H23ClF3N3O5/c1-4-37-21(34)15-12-31(14-8-9-16-18(10-14)30-22(35)24(16,2)3)23(36)32(20(15)33)11-13-6-5-7-17(19(13)26)25(27,28)29/h5-10,12,22,30,35H,4,11H2,1-3H3. The third-order valence-electron chi connectivity index (χ3n) is 6.33. The summed E-state index contributed by atoms with van der Waals surface area (Å²) < 4.78 is 46.7. The van der Waals surface area contributed by atoms with Crippen molar-refractivity contribution in [2.24, 2.45) is 0 Å². The predicted molar refractivity (Wildman–Crippen MR) is 130 cm³/mol. The monoisotopic (exact) mass is 537 g/mol. The fourth-order valence-corrected chi connectivity index (χ4v) is 4.50. The van der Waals surface area contributed by atoms with Gasteiger partial charge >= 0.3 is 17.8 Å². The van der Waals surface area contributed by atoms with Crippen LogP contribution in [0.5, 0.6) is 0 Å². The number of hydrogen-bond acceptors (Lipinski definition) is 6. The second-order valence-corrected chi connectivity index (χ2v) is 9.46. The molecule has 37 heavy (non-hydrogen) atoms. The first kappa shape index (κ1) is 26.5. The van der Waals surface area contributed by atoms with Gasteiger partial charge in [-0.05, 0) is 36.2 Å². The van der Waals surface area contributed by atoms with Crippen molar-refractivity contribution in [2.75, 3.05) is 11.9 Å². The van der Waals surface area contributed by atoms with Crippen molar-refractivity contribution >= 4 is 23.3 Å². The van der Waals surface area contributed by atoms with E-state index in [0.29, 0.717) is 10.3 Å². The molecule has 0 spiro atoms. The molecule has 12 heteroatoms. The van der Waals surface area contributed by atoms with E-state index in [1.165, 1.54) is 13.0 Å². The van der Waals surface area contributed by atoms with Crippen molar-refractivity contribution in [1.82, 2.24) is 9.13 Å². The summed E-state index contributed by atoms with van der Waals surface area (Å²) in [6.45, 7) is 4.53. The summed E-state index contributed by atoms with van der Waals surface area (Å²) >= 11 is 5.99. The van der Waals surface area contributed by atoms with Crippen LogP contribution in [0.25, 0.3) is 5.69 Å². The Morgan fingerprint density at radius 2 is 1.92 bits per heavy atom. The first-order chi connectivity index (χ1) is 17.3. The second-order valence-electron chi connectivity index (χ2n) is 9.08. The number of ether oxygens (including phenoxy) is 1. The highest BCUT2D eigenvalue weighted by Crippen LogP contribution is 2.40. The number of aliphatic hydroxyl groups is 1. The minimum absolute atomic E-state index is 0.0490. The van der Waals surface area contributed by atoms with E-state index in [2.05, 4.69) is 5.32 Å². The molecule has 0 amide bonds. The maximum absolute atomic E-state index is 13.5. The number of carbonyl (C=O) groups excluding carboxylic acids is 1. The average Bonchev–Trinajstić information content (AvgIpc) is 3.04. The van der Waals surface area contributed by atoms with E-state index in [4.69, 9.17) is 16.3 Å². The molecule has 0 radical (unpaired) electrons. The molecule has 4 rings (SSSR count). The number of rotatable bonds is 5. The topological polar surface area (TPSA) is 103 Å². The van der Waals surface area contributed by atoms with Crippen molar-refractivity contribution in [1.29, 1.82) is 0 Å². The summed E-state index contributed by atoms with van der Waals surface area (Å²) in [6.07, 6.45) is -4.60. The molecule has 1 unspecified atom stereocenters. The van der Waals surface area contributed by atoms with Crippen LogP contribution in [-0.2, 0) is 22.9 Å². The minimum Gasteiger partial charge on any atom is -0.462 e. The maximum atomic E-state index is 13.5. The predicted octanol–water partition coefficient (Wildman–Crippen LogP) is 3.92. The van der Waals surface area contributed by atoms with Crippen molar-refractivity contribution in [3.05, 3.63) is 90.7 Å². The molecule has 0 saturated carbocycles. The van der Waals surface area contributed by atoms with Gasteiger partial charge in [-0.1, -0.05) is 43.6 Å². The number of carbonyl (C=O) groups is 1. The third kappa shape index (κ3) is 4.64. The zero-order chi connectivity index (χ0) is 27.3. The highest BCUT2D eigenvalue weighted by molar-refractivity contribution is 6.32. The van der Waals surface area contributed by atoms with Gasteiger partial charge < -0.3 is 15.2 Å². The number of esters is 1. The van der Waals surface area contributed by atoms with Gasteiger partial charge in [-0.3, -0.25) is 13.9 Å². The Kier molecular flexibility index (Phi) is 6.72. The second kappa shape index (κ2) is 9.38. The summed E-state index contributed by atoms with van der Waals surface area (Å²) in [5, 5.41) is 12.6. The molecular formula is C25H23ClF3N3O5. The molecule has 3 aromatic rings. The quantitative estimate of drug-likeness (QED) is 0.478. The molecule has 1 aliphatic rings. The van der Waals surface area contributed by atoms with E-state index in [1.54, 1.807) is 18.2 Å². The number of nitrogens with zero attached hydrogens (tertiary/aromatic N) is 2. The Labute approximate surface area is 213 Å². The summed E-state index contributed by atoms with van der Waals surface area (Å²) in [4.78, 5) is 39.2. The van der Waals surface area contributed by atoms with Gasteiger partial charge in [-0.15, -0.1) is 0 Å². The lowest BCUT2D eigenvalue weighted by molar-refractivity contribution is -0.137. The SMILES string of the molecule is CCOC(=O)c1cn(-c2ccc3c(c2)NC(O)C3(C)C)c(=O)n(Cc2cccc(C(F)(F)F)c2Cl)c1=O. The molecule has 1 aliphatic heterocycles. The minimum atomic E-state index is -4.75. The molecule has 2 heterocycles. The van der Waals surface area contributed by atoms with Crippen LogP contribution < -0.4 is 16.6 Å². The van der Waals surface area contributed by atoms with Crippen molar-refractivity contribution < 1.29 is 27.8 Å². The average molecular weight is 538 g/mol. The van der Waals surface area contributed by atoms with Crippen LogP contribution in [-0.4, -0.2) is 33.0 Å². The Morgan fingerprint density at radius 3 is 2.57 bits per heavy atom. The lowest BCUT2D eigenvalue weighted by atomic mass is 9.85. The molecule has 8 nitrogen and oxygen atoms in total. The number of alkyl halides is 3. The Morgan fingerprint density at radius 1 is 1.22 bits per heavy atom. The maximum Gasteiger partial charge on any atom is 0.417 e. The number of benzene rings is 2. The van der Waals surface area contributed by atoms with E-state index in [9.17, 15) is 32.7 Å². The molecule has 196 valence electrons. The molecule has 0 bridgehead atoms. The fourth-order valence-electron chi connectivity index (χ4n) is 4.20. The summed E-state index contributed by atoms with van der Waals surface area (Å²) in [7, 11) is 0. The van der Waals surface area contributed by atoms with Crippen LogP contribution >= 0.6 is 11.6 Å². The number of nitrogens with one attached hydrogen (secondary N) is 1. The summed E-state index contributed by atoms with van der Waals surface area (Å²) in [5.74, 6) is -0.999. The highest BCUT2D eigenvalue weighted by Gasteiger charge is 2.38. The van der Waals surface area contributed by atoms with Gasteiger partial charge in [-0.2, -0.15) is 13.2 Å². The number of halogens is 4. The number of anilines is 1. The molecule has 2 N–H and O–H groups in total. The van der Waals surface area contributed by atoms with Gasteiger partial charge in [0, 0.05) is 17.3 Å². The number of hydrogen-bond donors (Lipinski definition) is 2. The van der Waals surface area contributed by atoms with Gasteiger partial charge in [0.25, 0.3) is 5.56 Å². The van der Waals surface area contributed by atoms with Crippen LogP contribution in [0.1, 0.15) is 47.8 Å². The zero-order valence-corrected chi connectivity index (χ0v) is 20.8. The lowest BCUT2D eigenvalue weighted by Gasteiger charge is -2.22. The molecule has 0 fully saturated rings. The smallest absolute Gasteiger partial charge is 0.417 e. The van der Waals surface area contributed by atoms with Crippen LogP contribution in [0.2, 0.25) is 5.02 Å². The van der Waals surface area contributed by atoms with E-state index < -0.39 is 57.7 Å². The van der Waals surface area contributed by atoms with Crippen LogP contribution in [0.15, 0.2) is 52.2 Å². The highest BCUT2D eigenvalue weighted by atomic mass is 35.5. The summed E-state index contributed by atoms with van der Waals surface area (Å²) in [6, 6.07) is 7.99. The largest absolute Gasteiger partial charge is 0.462 e. The Hall–Kier alpha value is -3.57. The van der Waals surface area contributed by atoms with Gasteiger partial charge in [0.05, 0.1) is 29.4 Å². The Balaban J connectivity index is 1.91. The van der Waals surface area contributed by atoms with Crippen molar-refractivity contribution in [3.8, 4) is 5.69 Å². The molecular weight excluding hydrogens is 515 g/mol. The van der Waals surface area contributed by atoms with E-state index in [0.717, 1.165) is 28.5 Å². The van der Waals surface area contributed by atoms with Crippen LogP contribution in [0.4, 0.5) is 18.9 Å². The normalized spacial score (nSPS) is 16.3. The lowest BCUT2D eigenvalue weighted by Crippen LogP contribution is -2.42. The fraction of sp³-hybridized carbons (Fsp3) is 0.320. The molecule has 2 aromatic carbocycles. The van der Waals surface area contributed by atoms with E-state index in [1.807, 2.05) is 13.8 Å². The molecule has 0 saturated heterocycles.